The van der Waals surface area contributed by atoms with Gasteiger partial charge in [0.2, 0.25) is 5.71 Å². The summed E-state index contributed by atoms with van der Waals surface area (Å²) in [6.07, 6.45) is 11.8. The predicted octanol–water partition coefficient (Wildman–Crippen LogP) is 5.86. The van der Waals surface area contributed by atoms with E-state index in [0.717, 1.165) is 53.7 Å². The quantitative estimate of drug-likeness (QED) is 0.356. The molecule has 5 aromatic rings. The minimum Gasteiger partial charge on any atom is -0.404 e. The predicted molar refractivity (Wildman–Crippen MR) is 135 cm³/mol. The molecule has 1 N–H and O–H groups in total. The molecule has 1 fully saturated rings. The summed E-state index contributed by atoms with van der Waals surface area (Å²) in [5.41, 5.74) is 4.42. The van der Waals surface area contributed by atoms with Crippen molar-refractivity contribution in [3.8, 4) is 11.3 Å². The molecule has 0 aromatic carbocycles. The summed E-state index contributed by atoms with van der Waals surface area (Å²) >= 11 is 0. The van der Waals surface area contributed by atoms with Gasteiger partial charge in [-0.2, -0.15) is 4.98 Å². The first-order valence-electron chi connectivity index (χ1n) is 12.1. The van der Waals surface area contributed by atoms with Crippen molar-refractivity contribution in [1.82, 2.24) is 29.5 Å². The third-order valence-electron chi connectivity index (χ3n) is 6.82. The van der Waals surface area contributed by atoms with Crippen LogP contribution >= 0.6 is 0 Å². The number of pyridine rings is 1. The minimum atomic E-state index is 0.0915. The van der Waals surface area contributed by atoms with Crippen LogP contribution in [0.3, 0.4) is 0 Å². The largest absolute Gasteiger partial charge is 0.404 e. The van der Waals surface area contributed by atoms with E-state index in [1.54, 1.807) is 12.5 Å². The highest BCUT2D eigenvalue weighted by Gasteiger charge is 2.42. The maximum atomic E-state index is 5.94. The van der Waals surface area contributed by atoms with Gasteiger partial charge in [-0.3, -0.25) is 0 Å². The molecule has 2 unspecified atom stereocenters. The third kappa shape index (κ3) is 3.73. The molecule has 0 spiro atoms. The Morgan fingerprint density at radius 1 is 1.18 bits per heavy atom. The molecule has 2 atom stereocenters. The van der Waals surface area contributed by atoms with E-state index in [9.17, 15) is 0 Å². The Morgan fingerprint density at radius 3 is 2.88 bits per heavy atom. The van der Waals surface area contributed by atoms with Gasteiger partial charge in [-0.25, -0.2) is 15.0 Å². The SMILES string of the molecule is CC.CCC(n1ccc(-c2ncnc3[nH]ccc23)c1)C1(C)CCN(c2nc3cccnc3o2)C1. The number of rotatable bonds is 5. The van der Waals surface area contributed by atoms with E-state index in [4.69, 9.17) is 4.42 Å². The first-order valence-corrected chi connectivity index (χ1v) is 12.1. The van der Waals surface area contributed by atoms with Gasteiger partial charge in [0, 0.05) is 60.3 Å². The summed E-state index contributed by atoms with van der Waals surface area (Å²) in [5.74, 6) is 0. The lowest BCUT2D eigenvalue weighted by Gasteiger charge is -2.34. The Bertz CT molecular complexity index is 1370. The van der Waals surface area contributed by atoms with Crippen molar-refractivity contribution < 1.29 is 4.42 Å². The Balaban J connectivity index is 0.00000117. The Kier molecular flexibility index (Phi) is 5.81. The fourth-order valence-electron chi connectivity index (χ4n) is 5.23. The second kappa shape index (κ2) is 8.93. The number of fused-ring (bicyclic) bond motifs is 2. The molecule has 176 valence electrons. The van der Waals surface area contributed by atoms with Gasteiger partial charge in [0.25, 0.3) is 6.01 Å². The van der Waals surface area contributed by atoms with Crippen LogP contribution in [0, 0.1) is 5.41 Å². The zero-order chi connectivity index (χ0) is 23.7. The summed E-state index contributed by atoms with van der Waals surface area (Å²) in [6, 6.07) is 9.03. The average Bonchev–Trinajstić information content (AvgIpc) is 3.66. The lowest BCUT2D eigenvalue weighted by Crippen LogP contribution is -2.33. The highest BCUT2D eigenvalue weighted by Crippen LogP contribution is 2.44. The molecule has 0 aliphatic carbocycles. The average molecular weight is 458 g/mol. The maximum absolute atomic E-state index is 5.94. The third-order valence-corrected chi connectivity index (χ3v) is 6.82. The summed E-state index contributed by atoms with van der Waals surface area (Å²) in [6.45, 7) is 10.4. The smallest absolute Gasteiger partial charge is 0.299 e. The van der Waals surface area contributed by atoms with Crippen molar-refractivity contribution in [2.75, 3.05) is 18.0 Å². The van der Waals surface area contributed by atoms with E-state index < -0.39 is 0 Å². The molecular weight excluding hydrogens is 426 g/mol. The highest BCUT2D eigenvalue weighted by atomic mass is 16.4. The minimum absolute atomic E-state index is 0.0915. The monoisotopic (exact) mass is 457 g/mol. The lowest BCUT2D eigenvalue weighted by atomic mass is 9.80. The van der Waals surface area contributed by atoms with E-state index in [2.05, 4.69) is 66.7 Å². The number of nitrogens with zero attached hydrogens (tertiary/aromatic N) is 6. The number of aromatic nitrogens is 6. The fourth-order valence-corrected chi connectivity index (χ4v) is 5.23. The van der Waals surface area contributed by atoms with Crippen LogP contribution < -0.4 is 4.90 Å². The second-order valence-electron chi connectivity index (χ2n) is 8.88. The summed E-state index contributed by atoms with van der Waals surface area (Å²) in [5, 5.41) is 1.04. The van der Waals surface area contributed by atoms with Crippen LogP contribution in [-0.2, 0) is 0 Å². The van der Waals surface area contributed by atoms with Crippen molar-refractivity contribution in [2.45, 2.75) is 46.6 Å². The highest BCUT2D eigenvalue weighted by molar-refractivity contribution is 5.90. The fraction of sp³-hybridized carbons (Fsp3) is 0.385. The van der Waals surface area contributed by atoms with E-state index >= 15 is 0 Å². The van der Waals surface area contributed by atoms with Gasteiger partial charge < -0.3 is 18.9 Å². The zero-order valence-electron chi connectivity index (χ0n) is 20.2. The molecule has 8 heteroatoms. The van der Waals surface area contributed by atoms with Gasteiger partial charge in [-0.05, 0) is 37.1 Å². The van der Waals surface area contributed by atoms with Gasteiger partial charge in [-0.15, -0.1) is 0 Å². The Morgan fingerprint density at radius 2 is 2.06 bits per heavy atom. The Hall–Kier alpha value is -3.68. The van der Waals surface area contributed by atoms with Crippen molar-refractivity contribution >= 4 is 28.3 Å². The number of hydrogen-bond donors (Lipinski definition) is 1. The van der Waals surface area contributed by atoms with Crippen LogP contribution in [0.1, 0.15) is 46.6 Å². The van der Waals surface area contributed by atoms with Crippen molar-refractivity contribution in [3.05, 3.63) is 55.4 Å². The van der Waals surface area contributed by atoms with Crippen LogP contribution in [0.25, 0.3) is 33.5 Å². The Labute approximate surface area is 199 Å². The van der Waals surface area contributed by atoms with Gasteiger partial charge in [0.1, 0.15) is 17.5 Å². The van der Waals surface area contributed by atoms with Crippen molar-refractivity contribution in [1.29, 1.82) is 0 Å². The van der Waals surface area contributed by atoms with Crippen molar-refractivity contribution in [3.63, 3.8) is 0 Å². The number of anilines is 1. The summed E-state index contributed by atoms with van der Waals surface area (Å²) in [7, 11) is 0. The maximum Gasteiger partial charge on any atom is 0.299 e. The van der Waals surface area contributed by atoms with Crippen molar-refractivity contribution in [2.24, 2.45) is 5.41 Å². The van der Waals surface area contributed by atoms with Gasteiger partial charge in [-0.1, -0.05) is 27.7 Å². The summed E-state index contributed by atoms with van der Waals surface area (Å²) < 4.78 is 8.29. The molecule has 1 aliphatic rings. The number of hydrogen-bond acceptors (Lipinski definition) is 6. The standard InChI is InChI=1S/C24H25N7O.C2H6/c1-3-19(30-11-7-16(13-30)20-17-6-10-25-21(17)28-15-27-20)24(2)8-12-31(14-24)23-29-18-5-4-9-26-22(18)32-23;1-2/h4-7,9-11,13,15,19H,3,8,12,14H2,1-2H3,(H,25,27,28);1-2H3. The topological polar surface area (TPSA) is 88.7 Å². The number of oxazole rings is 1. The molecule has 5 aromatic heterocycles. The van der Waals surface area contributed by atoms with Gasteiger partial charge in [0.05, 0.1) is 5.69 Å². The van der Waals surface area contributed by atoms with Crippen LogP contribution in [-0.4, -0.2) is 42.6 Å². The normalized spacial score (nSPS) is 18.9. The van der Waals surface area contributed by atoms with Crippen LogP contribution in [0.2, 0.25) is 0 Å². The molecule has 0 saturated carbocycles. The van der Waals surface area contributed by atoms with Crippen LogP contribution in [0.5, 0.6) is 0 Å². The molecule has 34 heavy (non-hydrogen) atoms. The van der Waals surface area contributed by atoms with E-state index in [1.165, 1.54) is 0 Å². The van der Waals surface area contributed by atoms with Crippen LogP contribution in [0.4, 0.5) is 6.01 Å². The molecule has 6 heterocycles. The summed E-state index contributed by atoms with van der Waals surface area (Å²) in [4.78, 5) is 23.2. The number of H-pyrrole nitrogens is 1. The second-order valence-corrected chi connectivity index (χ2v) is 8.88. The van der Waals surface area contributed by atoms with Crippen LogP contribution in [0.15, 0.2) is 59.8 Å². The molecule has 1 aliphatic heterocycles. The van der Waals surface area contributed by atoms with Gasteiger partial charge in [0.15, 0.2) is 0 Å². The first-order chi connectivity index (χ1) is 16.6. The van der Waals surface area contributed by atoms with Gasteiger partial charge >= 0.3 is 0 Å². The molecule has 6 rings (SSSR count). The zero-order valence-corrected chi connectivity index (χ0v) is 20.2. The molecule has 0 bridgehead atoms. The van der Waals surface area contributed by atoms with E-state index in [1.807, 2.05) is 38.2 Å². The van der Waals surface area contributed by atoms with E-state index in [-0.39, 0.29) is 5.41 Å². The number of aromatic amines is 1. The first kappa shape index (κ1) is 22.1. The molecule has 1 saturated heterocycles. The van der Waals surface area contributed by atoms with E-state index in [0.29, 0.717) is 17.8 Å². The lowest BCUT2D eigenvalue weighted by molar-refractivity contribution is 0.211. The molecule has 0 amide bonds. The molecular formula is C26H31N7O. The number of nitrogens with one attached hydrogen (secondary N) is 1. The molecule has 0 radical (unpaired) electrons. The molecule has 8 nitrogen and oxygen atoms in total.